The smallest absolute Gasteiger partial charge is 0.328 e. The summed E-state index contributed by atoms with van der Waals surface area (Å²) in [5, 5.41) is 5.01. The third kappa shape index (κ3) is 3.02. The third-order valence-corrected chi connectivity index (χ3v) is 4.24. The SMILES string of the molecule is COC(=O)C(Nc1ncc(Br)c2c(N)ccc(C)c12)C(C)C. The van der Waals surface area contributed by atoms with Crippen LogP contribution in [0.1, 0.15) is 19.4 Å². The number of aromatic nitrogens is 1. The van der Waals surface area contributed by atoms with Crippen LogP contribution < -0.4 is 11.1 Å². The highest BCUT2D eigenvalue weighted by molar-refractivity contribution is 9.10. The monoisotopic (exact) mass is 365 g/mol. The quantitative estimate of drug-likeness (QED) is 0.640. The lowest BCUT2D eigenvalue weighted by Gasteiger charge is -2.22. The lowest BCUT2D eigenvalue weighted by molar-refractivity contribution is -0.142. The van der Waals surface area contributed by atoms with Crippen molar-refractivity contribution in [1.82, 2.24) is 4.98 Å². The molecule has 0 saturated heterocycles. The van der Waals surface area contributed by atoms with Crippen molar-refractivity contribution in [2.75, 3.05) is 18.2 Å². The Balaban J connectivity index is 2.59. The minimum atomic E-state index is -0.470. The summed E-state index contributed by atoms with van der Waals surface area (Å²) in [5.41, 5.74) is 7.79. The van der Waals surface area contributed by atoms with E-state index in [0.29, 0.717) is 11.5 Å². The van der Waals surface area contributed by atoms with Crippen molar-refractivity contribution in [2.24, 2.45) is 5.92 Å². The Bertz CT molecular complexity index is 708. The van der Waals surface area contributed by atoms with Gasteiger partial charge >= 0.3 is 5.97 Å². The lowest BCUT2D eigenvalue weighted by atomic mass is 10.0. The lowest BCUT2D eigenvalue weighted by Crippen LogP contribution is -2.35. The first-order chi connectivity index (χ1) is 10.4. The number of rotatable bonds is 4. The molecule has 0 spiro atoms. The van der Waals surface area contributed by atoms with Gasteiger partial charge in [0.1, 0.15) is 11.9 Å². The number of anilines is 2. The van der Waals surface area contributed by atoms with Crippen LogP contribution in [0.5, 0.6) is 0 Å². The number of aryl methyl sites for hydroxylation is 1. The number of ether oxygens (including phenoxy) is 1. The fourth-order valence-electron chi connectivity index (χ4n) is 2.42. The van der Waals surface area contributed by atoms with E-state index in [1.54, 1.807) is 6.20 Å². The first-order valence-corrected chi connectivity index (χ1v) is 7.83. The Morgan fingerprint density at radius 2 is 2.05 bits per heavy atom. The van der Waals surface area contributed by atoms with E-state index in [9.17, 15) is 4.79 Å². The standard InChI is InChI=1S/C16H20BrN3O2/c1-8(2)14(16(21)22-4)20-15-12-9(3)5-6-11(18)13(12)10(17)7-19-15/h5-8,14H,18H2,1-4H3,(H,19,20). The zero-order valence-electron chi connectivity index (χ0n) is 13.1. The molecule has 1 aromatic heterocycles. The summed E-state index contributed by atoms with van der Waals surface area (Å²) >= 11 is 3.49. The molecule has 1 aromatic carbocycles. The maximum Gasteiger partial charge on any atom is 0.328 e. The summed E-state index contributed by atoms with van der Waals surface area (Å²) < 4.78 is 5.70. The van der Waals surface area contributed by atoms with Gasteiger partial charge < -0.3 is 15.8 Å². The number of nitrogens with zero attached hydrogens (tertiary/aromatic N) is 1. The molecule has 0 fully saturated rings. The van der Waals surface area contributed by atoms with Crippen LogP contribution >= 0.6 is 15.9 Å². The molecule has 2 aromatic rings. The van der Waals surface area contributed by atoms with Crippen molar-refractivity contribution in [3.63, 3.8) is 0 Å². The molecule has 22 heavy (non-hydrogen) atoms. The summed E-state index contributed by atoms with van der Waals surface area (Å²) in [5.74, 6) is 0.385. The van der Waals surface area contributed by atoms with Gasteiger partial charge in [-0.1, -0.05) is 19.9 Å². The van der Waals surface area contributed by atoms with Gasteiger partial charge in [0, 0.05) is 27.1 Å². The average Bonchev–Trinajstić information content (AvgIpc) is 2.48. The van der Waals surface area contributed by atoms with E-state index in [0.717, 1.165) is 20.8 Å². The van der Waals surface area contributed by atoms with Crippen molar-refractivity contribution >= 4 is 44.2 Å². The predicted molar refractivity (Wildman–Crippen MR) is 92.9 cm³/mol. The van der Waals surface area contributed by atoms with Gasteiger partial charge in [0.25, 0.3) is 0 Å². The highest BCUT2D eigenvalue weighted by Gasteiger charge is 2.24. The number of carbonyl (C=O) groups excluding carboxylic acids is 1. The van der Waals surface area contributed by atoms with E-state index in [1.807, 2.05) is 32.9 Å². The molecule has 1 atom stereocenters. The highest BCUT2D eigenvalue weighted by atomic mass is 79.9. The molecule has 0 aliphatic heterocycles. The molecule has 0 radical (unpaired) electrons. The second kappa shape index (κ2) is 6.52. The molecule has 1 unspecified atom stereocenters. The number of carbonyl (C=O) groups is 1. The van der Waals surface area contributed by atoms with Crippen molar-refractivity contribution in [1.29, 1.82) is 0 Å². The van der Waals surface area contributed by atoms with Crippen LogP contribution in [-0.2, 0) is 9.53 Å². The molecule has 0 aliphatic rings. The Kier molecular flexibility index (Phi) is 4.90. The maximum absolute atomic E-state index is 12.0. The third-order valence-electron chi connectivity index (χ3n) is 3.64. The molecule has 0 amide bonds. The van der Waals surface area contributed by atoms with Gasteiger partial charge in [-0.05, 0) is 40.4 Å². The van der Waals surface area contributed by atoms with Crippen molar-refractivity contribution < 1.29 is 9.53 Å². The van der Waals surface area contributed by atoms with Crippen molar-refractivity contribution in [3.05, 3.63) is 28.4 Å². The van der Waals surface area contributed by atoms with Gasteiger partial charge in [0.05, 0.1) is 7.11 Å². The molecule has 6 heteroatoms. The molecule has 3 N–H and O–H groups in total. The number of nitrogens with one attached hydrogen (secondary N) is 1. The largest absolute Gasteiger partial charge is 0.467 e. The second-order valence-corrected chi connectivity index (χ2v) is 6.42. The Hall–Kier alpha value is -1.82. The fourth-order valence-corrected chi connectivity index (χ4v) is 2.95. The molecule has 2 rings (SSSR count). The van der Waals surface area contributed by atoms with Gasteiger partial charge in [0.2, 0.25) is 0 Å². The highest BCUT2D eigenvalue weighted by Crippen LogP contribution is 2.35. The number of fused-ring (bicyclic) bond motifs is 1. The number of nitrogens with two attached hydrogens (primary N) is 1. The molecule has 0 bridgehead atoms. The average molecular weight is 366 g/mol. The van der Waals surface area contributed by atoms with E-state index in [4.69, 9.17) is 10.5 Å². The molecule has 1 heterocycles. The first-order valence-electron chi connectivity index (χ1n) is 7.04. The van der Waals surface area contributed by atoms with Crippen LogP contribution in [0.3, 0.4) is 0 Å². The van der Waals surface area contributed by atoms with E-state index in [1.165, 1.54) is 7.11 Å². The number of nitrogen functional groups attached to an aromatic ring is 1. The summed E-state index contributed by atoms with van der Waals surface area (Å²) in [4.78, 5) is 16.4. The van der Waals surface area contributed by atoms with Crippen LogP contribution in [0.25, 0.3) is 10.8 Å². The summed E-state index contributed by atoms with van der Waals surface area (Å²) in [7, 11) is 1.38. The minimum Gasteiger partial charge on any atom is -0.467 e. The number of methoxy groups -OCH3 is 1. The molecule has 118 valence electrons. The van der Waals surface area contributed by atoms with Crippen molar-refractivity contribution in [2.45, 2.75) is 26.8 Å². The van der Waals surface area contributed by atoms with Gasteiger partial charge in [-0.25, -0.2) is 9.78 Å². The summed E-state index contributed by atoms with van der Waals surface area (Å²) in [6.07, 6.45) is 1.69. The van der Waals surface area contributed by atoms with Gasteiger partial charge in [-0.3, -0.25) is 0 Å². The zero-order valence-corrected chi connectivity index (χ0v) is 14.7. The summed E-state index contributed by atoms with van der Waals surface area (Å²) in [6.45, 7) is 5.90. The topological polar surface area (TPSA) is 77.2 Å². The van der Waals surface area contributed by atoms with Crippen LogP contribution in [0.15, 0.2) is 22.8 Å². The Labute approximate surface area is 138 Å². The zero-order chi connectivity index (χ0) is 16.4. The first kappa shape index (κ1) is 16.5. The molecular weight excluding hydrogens is 346 g/mol. The number of halogens is 1. The van der Waals surface area contributed by atoms with Gasteiger partial charge in [0.15, 0.2) is 0 Å². The van der Waals surface area contributed by atoms with Crippen LogP contribution in [0.2, 0.25) is 0 Å². The number of hydrogen-bond donors (Lipinski definition) is 2. The number of esters is 1. The fraction of sp³-hybridized carbons (Fsp3) is 0.375. The second-order valence-electron chi connectivity index (χ2n) is 5.57. The van der Waals surface area contributed by atoms with E-state index < -0.39 is 6.04 Å². The Morgan fingerprint density at radius 1 is 1.36 bits per heavy atom. The van der Waals surface area contributed by atoms with Crippen LogP contribution in [-0.4, -0.2) is 24.1 Å². The number of hydrogen-bond acceptors (Lipinski definition) is 5. The predicted octanol–water partition coefficient (Wildman–Crippen LogP) is 3.50. The normalized spacial score (nSPS) is 12.5. The van der Waals surface area contributed by atoms with Gasteiger partial charge in [-0.2, -0.15) is 0 Å². The molecule has 0 saturated carbocycles. The molecule has 0 aliphatic carbocycles. The van der Waals surface area contributed by atoms with Gasteiger partial charge in [-0.15, -0.1) is 0 Å². The molecule has 5 nitrogen and oxygen atoms in total. The van der Waals surface area contributed by atoms with E-state index in [2.05, 4.69) is 26.2 Å². The summed E-state index contributed by atoms with van der Waals surface area (Å²) in [6, 6.07) is 3.34. The molecular formula is C16H20BrN3O2. The number of benzene rings is 1. The van der Waals surface area contributed by atoms with E-state index in [-0.39, 0.29) is 11.9 Å². The number of pyridine rings is 1. The van der Waals surface area contributed by atoms with Crippen LogP contribution in [0, 0.1) is 12.8 Å². The maximum atomic E-state index is 12.0. The minimum absolute atomic E-state index is 0.0642. The van der Waals surface area contributed by atoms with Crippen molar-refractivity contribution in [3.8, 4) is 0 Å². The van der Waals surface area contributed by atoms with Crippen LogP contribution in [0.4, 0.5) is 11.5 Å². The van der Waals surface area contributed by atoms with E-state index >= 15 is 0 Å². The Morgan fingerprint density at radius 3 is 2.64 bits per heavy atom.